The SMILES string of the molecule is CC(C)(C)c1cc(N)cc(OC2COC2)c1. The second kappa shape index (κ2) is 3.98. The Labute approximate surface area is 96.5 Å². The third kappa shape index (κ3) is 2.47. The molecule has 1 aliphatic heterocycles. The molecule has 0 atom stereocenters. The maximum Gasteiger partial charge on any atom is 0.145 e. The zero-order chi connectivity index (χ0) is 11.8. The van der Waals surface area contributed by atoms with Crippen LogP contribution >= 0.6 is 0 Å². The van der Waals surface area contributed by atoms with Gasteiger partial charge in [0.25, 0.3) is 0 Å². The summed E-state index contributed by atoms with van der Waals surface area (Å²) < 4.78 is 10.8. The van der Waals surface area contributed by atoms with E-state index in [0.29, 0.717) is 13.2 Å². The fourth-order valence-electron chi connectivity index (χ4n) is 1.60. The molecule has 0 unspecified atom stereocenters. The van der Waals surface area contributed by atoms with E-state index in [1.165, 1.54) is 5.56 Å². The van der Waals surface area contributed by atoms with E-state index in [1.54, 1.807) is 0 Å². The van der Waals surface area contributed by atoms with Crippen LogP contribution in [0.2, 0.25) is 0 Å². The smallest absolute Gasteiger partial charge is 0.145 e. The van der Waals surface area contributed by atoms with Gasteiger partial charge in [-0.3, -0.25) is 0 Å². The average molecular weight is 221 g/mol. The lowest BCUT2D eigenvalue weighted by Crippen LogP contribution is -2.38. The van der Waals surface area contributed by atoms with Crippen molar-refractivity contribution in [3.8, 4) is 5.75 Å². The Bertz CT molecular complexity index is 378. The molecule has 1 heterocycles. The largest absolute Gasteiger partial charge is 0.486 e. The summed E-state index contributed by atoms with van der Waals surface area (Å²) in [6.45, 7) is 7.85. The van der Waals surface area contributed by atoms with Gasteiger partial charge in [0.1, 0.15) is 11.9 Å². The first kappa shape index (κ1) is 11.3. The monoisotopic (exact) mass is 221 g/mol. The van der Waals surface area contributed by atoms with E-state index in [-0.39, 0.29) is 11.5 Å². The summed E-state index contributed by atoms with van der Waals surface area (Å²) in [7, 11) is 0. The van der Waals surface area contributed by atoms with Crippen LogP contribution in [-0.2, 0) is 10.2 Å². The highest BCUT2D eigenvalue weighted by molar-refractivity contribution is 5.49. The second-order valence-corrected chi connectivity index (χ2v) is 5.32. The highest BCUT2D eigenvalue weighted by Crippen LogP contribution is 2.29. The van der Waals surface area contributed by atoms with Gasteiger partial charge in [0.15, 0.2) is 0 Å². The van der Waals surface area contributed by atoms with Crippen molar-refractivity contribution in [3.63, 3.8) is 0 Å². The van der Waals surface area contributed by atoms with Gasteiger partial charge in [-0.05, 0) is 23.1 Å². The third-order valence-electron chi connectivity index (χ3n) is 2.71. The molecule has 0 aromatic heterocycles. The molecular weight excluding hydrogens is 202 g/mol. The number of hydrogen-bond donors (Lipinski definition) is 1. The molecule has 1 fully saturated rings. The molecule has 88 valence electrons. The molecule has 0 radical (unpaired) electrons. The molecule has 3 heteroatoms. The third-order valence-corrected chi connectivity index (χ3v) is 2.71. The van der Waals surface area contributed by atoms with Gasteiger partial charge in [-0.25, -0.2) is 0 Å². The highest BCUT2D eigenvalue weighted by Gasteiger charge is 2.21. The van der Waals surface area contributed by atoms with Gasteiger partial charge >= 0.3 is 0 Å². The van der Waals surface area contributed by atoms with Crippen LogP contribution in [0.25, 0.3) is 0 Å². The molecule has 0 bridgehead atoms. The van der Waals surface area contributed by atoms with Gasteiger partial charge in [-0.2, -0.15) is 0 Å². The van der Waals surface area contributed by atoms with Crippen molar-refractivity contribution >= 4 is 5.69 Å². The fourth-order valence-corrected chi connectivity index (χ4v) is 1.60. The summed E-state index contributed by atoms with van der Waals surface area (Å²) in [5.41, 5.74) is 7.92. The van der Waals surface area contributed by atoms with Gasteiger partial charge in [-0.15, -0.1) is 0 Å². The van der Waals surface area contributed by atoms with Crippen LogP contribution in [0.5, 0.6) is 5.75 Å². The van der Waals surface area contributed by atoms with Crippen molar-refractivity contribution in [2.75, 3.05) is 18.9 Å². The van der Waals surface area contributed by atoms with Crippen LogP contribution in [0.1, 0.15) is 26.3 Å². The van der Waals surface area contributed by atoms with Crippen LogP contribution < -0.4 is 10.5 Å². The topological polar surface area (TPSA) is 44.5 Å². The Hall–Kier alpha value is -1.22. The number of nitrogen functional groups attached to an aromatic ring is 1. The molecule has 16 heavy (non-hydrogen) atoms. The molecule has 1 aliphatic rings. The Morgan fingerprint density at radius 2 is 1.94 bits per heavy atom. The predicted molar refractivity (Wildman–Crippen MR) is 64.8 cm³/mol. The molecule has 0 saturated carbocycles. The van der Waals surface area contributed by atoms with Crippen LogP contribution in [0.15, 0.2) is 18.2 Å². The van der Waals surface area contributed by atoms with Gasteiger partial charge in [-0.1, -0.05) is 20.8 Å². The van der Waals surface area contributed by atoms with Crippen molar-refractivity contribution < 1.29 is 9.47 Å². The van der Waals surface area contributed by atoms with Crippen molar-refractivity contribution in [3.05, 3.63) is 23.8 Å². The van der Waals surface area contributed by atoms with E-state index in [2.05, 4.69) is 26.8 Å². The van der Waals surface area contributed by atoms with Crippen LogP contribution in [0.3, 0.4) is 0 Å². The molecule has 0 amide bonds. The fraction of sp³-hybridized carbons (Fsp3) is 0.538. The molecule has 2 rings (SSSR count). The van der Waals surface area contributed by atoms with Crippen molar-refractivity contribution in [1.82, 2.24) is 0 Å². The molecule has 1 saturated heterocycles. The maximum atomic E-state index is 5.88. The number of anilines is 1. The number of hydrogen-bond acceptors (Lipinski definition) is 3. The van der Waals surface area contributed by atoms with E-state index >= 15 is 0 Å². The van der Waals surface area contributed by atoms with Gasteiger partial charge in [0.05, 0.1) is 13.2 Å². The molecule has 3 nitrogen and oxygen atoms in total. The van der Waals surface area contributed by atoms with Crippen LogP contribution in [-0.4, -0.2) is 19.3 Å². The quantitative estimate of drug-likeness (QED) is 0.780. The predicted octanol–water partition coefficient (Wildman–Crippen LogP) is 2.34. The van der Waals surface area contributed by atoms with Gasteiger partial charge in [0.2, 0.25) is 0 Å². The number of benzene rings is 1. The minimum absolute atomic E-state index is 0.0869. The zero-order valence-corrected chi connectivity index (χ0v) is 10.1. The van der Waals surface area contributed by atoms with E-state index in [1.807, 2.05) is 12.1 Å². The summed E-state index contributed by atoms with van der Waals surface area (Å²) in [6.07, 6.45) is 0.189. The average Bonchev–Trinajstić information content (AvgIpc) is 2.09. The van der Waals surface area contributed by atoms with E-state index in [9.17, 15) is 0 Å². The summed E-state index contributed by atoms with van der Waals surface area (Å²) in [6, 6.07) is 5.94. The van der Waals surface area contributed by atoms with E-state index in [0.717, 1.165) is 11.4 Å². The minimum atomic E-state index is 0.0869. The standard InChI is InChI=1S/C13H19NO2/c1-13(2,3)9-4-10(14)6-11(5-9)16-12-7-15-8-12/h4-6,12H,7-8,14H2,1-3H3. The van der Waals surface area contributed by atoms with E-state index < -0.39 is 0 Å². The lowest BCUT2D eigenvalue weighted by molar-refractivity contribution is -0.0796. The van der Waals surface area contributed by atoms with Crippen LogP contribution in [0, 0.1) is 0 Å². The van der Waals surface area contributed by atoms with Gasteiger partial charge in [0, 0.05) is 11.8 Å². The molecule has 1 aromatic carbocycles. The first-order valence-corrected chi connectivity index (χ1v) is 5.60. The minimum Gasteiger partial charge on any atom is -0.486 e. The van der Waals surface area contributed by atoms with Crippen molar-refractivity contribution in [2.45, 2.75) is 32.3 Å². The highest BCUT2D eigenvalue weighted by atomic mass is 16.6. The summed E-state index contributed by atoms with van der Waals surface area (Å²) in [5.74, 6) is 0.846. The Morgan fingerprint density at radius 3 is 2.44 bits per heavy atom. The van der Waals surface area contributed by atoms with Crippen molar-refractivity contribution in [2.24, 2.45) is 0 Å². The summed E-state index contributed by atoms with van der Waals surface area (Å²) in [4.78, 5) is 0. The van der Waals surface area contributed by atoms with Crippen molar-refractivity contribution in [1.29, 1.82) is 0 Å². The lowest BCUT2D eigenvalue weighted by atomic mass is 9.87. The normalized spacial score (nSPS) is 16.9. The number of ether oxygens (including phenoxy) is 2. The first-order chi connectivity index (χ1) is 7.45. The Balaban J connectivity index is 2.21. The zero-order valence-electron chi connectivity index (χ0n) is 10.1. The maximum absolute atomic E-state index is 5.88. The van der Waals surface area contributed by atoms with Gasteiger partial charge < -0.3 is 15.2 Å². The molecule has 0 spiro atoms. The molecule has 0 aliphatic carbocycles. The summed E-state index contributed by atoms with van der Waals surface area (Å²) in [5, 5.41) is 0. The summed E-state index contributed by atoms with van der Waals surface area (Å²) >= 11 is 0. The number of nitrogens with two attached hydrogens (primary N) is 1. The Kier molecular flexibility index (Phi) is 2.80. The molecular formula is C13H19NO2. The van der Waals surface area contributed by atoms with Crippen LogP contribution in [0.4, 0.5) is 5.69 Å². The Morgan fingerprint density at radius 1 is 1.25 bits per heavy atom. The first-order valence-electron chi connectivity index (χ1n) is 5.60. The number of rotatable bonds is 2. The second-order valence-electron chi connectivity index (χ2n) is 5.32. The molecule has 1 aromatic rings. The lowest BCUT2D eigenvalue weighted by Gasteiger charge is -2.28. The van der Waals surface area contributed by atoms with E-state index in [4.69, 9.17) is 15.2 Å². The molecule has 2 N–H and O–H groups in total.